The number of aromatic carboxylic acids is 1. The number of hydrogen-bond donors (Lipinski definition) is 1. The molecule has 100 valence electrons. The largest absolute Gasteiger partial charge is 0.478 e. The summed E-state index contributed by atoms with van der Waals surface area (Å²) in [6.07, 6.45) is -7.21. The maximum absolute atomic E-state index is 13.2. The Morgan fingerprint density at radius 1 is 1.28 bits per heavy atom. The third-order valence-electron chi connectivity index (χ3n) is 2.00. The Labute approximate surface area is 97.8 Å². The lowest BCUT2D eigenvalue weighted by Crippen LogP contribution is -2.31. The molecule has 0 aliphatic heterocycles. The Hall–Kier alpha value is -1.86. The molecule has 1 aromatic carbocycles. The molecule has 1 rings (SSSR count). The van der Waals surface area contributed by atoms with Gasteiger partial charge in [0.25, 0.3) is 0 Å². The molecule has 0 fully saturated rings. The standard InChI is InChI=1S/C10H7F5O3/c1-4(10(13,14)15)18-8-6(11)2-5(9(16)17)3-7(8)12/h2-4H,1H3,(H,16,17). The van der Waals surface area contributed by atoms with Crippen LogP contribution < -0.4 is 4.74 Å². The second-order valence-corrected chi connectivity index (χ2v) is 3.38. The third kappa shape index (κ3) is 3.08. The van der Waals surface area contributed by atoms with Gasteiger partial charge in [-0.15, -0.1) is 0 Å². The summed E-state index contributed by atoms with van der Waals surface area (Å²) in [6, 6.07) is 0.758. The first-order valence-electron chi connectivity index (χ1n) is 4.58. The van der Waals surface area contributed by atoms with Crippen molar-refractivity contribution in [3.63, 3.8) is 0 Å². The van der Waals surface area contributed by atoms with Crippen LogP contribution in [0.4, 0.5) is 22.0 Å². The van der Waals surface area contributed by atoms with Gasteiger partial charge in [0, 0.05) is 0 Å². The Kier molecular flexibility index (Phi) is 3.78. The Balaban J connectivity index is 3.08. The molecule has 0 aromatic heterocycles. The van der Waals surface area contributed by atoms with Crippen LogP contribution in [0.5, 0.6) is 5.75 Å². The summed E-state index contributed by atoms with van der Waals surface area (Å²) in [7, 11) is 0. The Morgan fingerprint density at radius 2 is 1.72 bits per heavy atom. The van der Waals surface area contributed by atoms with Gasteiger partial charge in [-0.1, -0.05) is 0 Å². The summed E-state index contributed by atoms with van der Waals surface area (Å²) in [4.78, 5) is 10.4. The van der Waals surface area contributed by atoms with Crippen LogP contribution in [0, 0.1) is 11.6 Å². The summed E-state index contributed by atoms with van der Waals surface area (Å²) < 4.78 is 67.0. The molecule has 0 aliphatic rings. The molecule has 0 saturated carbocycles. The van der Waals surface area contributed by atoms with Crippen molar-refractivity contribution < 1.29 is 36.6 Å². The van der Waals surface area contributed by atoms with E-state index in [1.165, 1.54) is 0 Å². The average molecular weight is 270 g/mol. The van der Waals surface area contributed by atoms with Gasteiger partial charge in [0.05, 0.1) is 5.56 Å². The van der Waals surface area contributed by atoms with E-state index in [-0.39, 0.29) is 0 Å². The number of alkyl halides is 3. The van der Waals surface area contributed by atoms with Crippen LogP contribution in [0.1, 0.15) is 17.3 Å². The zero-order valence-corrected chi connectivity index (χ0v) is 8.89. The van der Waals surface area contributed by atoms with Crippen molar-refractivity contribution in [3.05, 3.63) is 29.3 Å². The topological polar surface area (TPSA) is 46.5 Å². The summed E-state index contributed by atoms with van der Waals surface area (Å²) in [6.45, 7) is 0.573. The number of hydrogen-bond acceptors (Lipinski definition) is 2. The molecule has 0 radical (unpaired) electrons. The predicted molar refractivity (Wildman–Crippen MR) is 49.5 cm³/mol. The third-order valence-corrected chi connectivity index (χ3v) is 2.00. The van der Waals surface area contributed by atoms with Gasteiger partial charge in [-0.05, 0) is 19.1 Å². The van der Waals surface area contributed by atoms with Crippen molar-refractivity contribution in [1.82, 2.24) is 0 Å². The molecule has 1 unspecified atom stereocenters. The van der Waals surface area contributed by atoms with Crippen LogP contribution in [0.3, 0.4) is 0 Å². The van der Waals surface area contributed by atoms with Crippen molar-refractivity contribution >= 4 is 5.97 Å². The van der Waals surface area contributed by atoms with Crippen molar-refractivity contribution in [1.29, 1.82) is 0 Å². The quantitative estimate of drug-likeness (QED) is 0.859. The molecule has 0 spiro atoms. The highest BCUT2D eigenvalue weighted by Gasteiger charge is 2.39. The fraction of sp³-hybridized carbons (Fsp3) is 0.300. The molecular weight excluding hydrogens is 263 g/mol. The van der Waals surface area contributed by atoms with Crippen LogP contribution in [0.25, 0.3) is 0 Å². The van der Waals surface area contributed by atoms with E-state index in [4.69, 9.17) is 5.11 Å². The van der Waals surface area contributed by atoms with Crippen molar-refractivity contribution in [2.45, 2.75) is 19.2 Å². The Bertz CT molecular complexity index is 446. The van der Waals surface area contributed by atoms with Crippen LogP contribution in [-0.4, -0.2) is 23.4 Å². The second-order valence-electron chi connectivity index (χ2n) is 3.38. The minimum Gasteiger partial charge on any atom is -0.478 e. The highest BCUT2D eigenvalue weighted by atomic mass is 19.4. The van der Waals surface area contributed by atoms with Gasteiger partial charge >= 0.3 is 12.1 Å². The SMILES string of the molecule is CC(Oc1c(F)cc(C(=O)O)cc1F)C(F)(F)F. The number of carboxylic acid groups (broad SMARTS) is 1. The van der Waals surface area contributed by atoms with E-state index in [2.05, 4.69) is 4.74 Å². The summed E-state index contributed by atoms with van der Waals surface area (Å²) in [5.74, 6) is -5.89. The molecule has 0 bridgehead atoms. The smallest absolute Gasteiger partial charge is 0.425 e. The van der Waals surface area contributed by atoms with Crippen molar-refractivity contribution in [3.8, 4) is 5.75 Å². The first-order valence-corrected chi connectivity index (χ1v) is 4.58. The van der Waals surface area contributed by atoms with E-state index in [1.54, 1.807) is 0 Å². The fourth-order valence-electron chi connectivity index (χ4n) is 1.04. The van der Waals surface area contributed by atoms with E-state index in [0.717, 1.165) is 0 Å². The minimum absolute atomic E-state index is 0.379. The lowest BCUT2D eigenvalue weighted by atomic mass is 10.2. The van der Waals surface area contributed by atoms with E-state index in [0.29, 0.717) is 19.1 Å². The van der Waals surface area contributed by atoms with Gasteiger partial charge in [0.1, 0.15) is 0 Å². The summed E-state index contributed by atoms with van der Waals surface area (Å²) >= 11 is 0. The fourth-order valence-corrected chi connectivity index (χ4v) is 1.04. The highest BCUT2D eigenvalue weighted by Crippen LogP contribution is 2.29. The second kappa shape index (κ2) is 4.79. The van der Waals surface area contributed by atoms with E-state index in [9.17, 15) is 26.7 Å². The van der Waals surface area contributed by atoms with Gasteiger partial charge in [0.15, 0.2) is 23.5 Å². The van der Waals surface area contributed by atoms with Gasteiger partial charge in [-0.2, -0.15) is 13.2 Å². The zero-order valence-electron chi connectivity index (χ0n) is 8.89. The molecule has 18 heavy (non-hydrogen) atoms. The Morgan fingerprint density at radius 3 is 2.06 bits per heavy atom. The first kappa shape index (κ1) is 14.2. The predicted octanol–water partition coefficient (Wildman–Crippen LogP) is 2.99. The normalized spacial score (nSPS) is 13.2. The number of ether oxygens (including phenoxy) is 1. The lowest BCUT2D eigenvalue weighted by Gasteiger charge is -2.18. The average Bonchev–Trinajstić information content (AvgIpc) is 2.21. The number of rotatable bonds is 3. The van der Waals surface area contributed by atoms with Crippen molar-refractivity contribution in [2.24, 2.45) is 0 Å². The van der Waals surface area contributed by atoms with Crippen LogP contribution in [0.2, 0.25) is 0 Å². The number of carbonyl (C=O) groups is 1. The molecular formula is C10H7F5O3. The molecule has 0 aliphatic carbocycles. The van der Waals surface area contributed by atoms with E-state index < -0.39 is 41.2 Å². The molecule has 0 amide bonds. The van der Waals surface area contributed by atoms with Crippen LogP contribution >= 0.6 is 0 Å². The van der Waals surface area contributed by atoms with Crippen molar-refractivity contribution in [2.75, 3.05) is 0 Å². The molecule has 1 aromatic rings. The summed E-state index contributed by atoms with van der Waals surface area (Å²) in [5.41, 5.74) is -0.725. The molecule has 0 heterocycles. The van der Waals surface area contributed by atoms with Gasteiger partial charge in [0.2, 0.25) is 0 Å². The monoisotopic (exact) mass is 270 g/mol. The summed E-state index contributed by atoms with van der Waals surface area (Å²) in [5, 5.41) is 8.48. The molecule has 1 N–H and O–H groups in total. The number of carboxylic acids is 1. The number of benzene rings is 1. The molecule has 8 heteroatoms. The van der Waals surface area contributed by atoms with Gasteiger partial charge in [-0.25, -0.2) is 13.6 Å². The van der Waals surface area contributed by atoms with E-state index in [1.807, 2.05) is 0 Å². The first-order chi connectivity index (χ1) is 8.12. The highest BCUT2D eigenvalue weighted by molar-refractivity contribution is 5.87. The van der Waals surface area contributed by atoms with E-state index >= 15 is 0 Å². The van der Waals surface area contributed by atoms with Gasteiger partial charge < -0.3 is 9.84 Å². The van der Waals surface area contributed by atoms with Gasteiger partial charge in [-0.3, -0.25) is 0 Å². The molecule has 0 saturated heterocycles. The van der Waals surface area contributed by atoms with Crippen LogP contribution in [-0.2, 0) is 0 Å². The lowest BCUT2D eigenvalue weighted by molar-refractivity contribution is -0.190. The molecule has 3 nitrogen and oxygen atoms in total. The minimum atomic E-state index is -4.79. The maximum atomic E-state index is 13.2. The zero-order chi connectivity index (χ0) is 14.1. The molecule has 1 atom stereocenters. The maximum Gasteiger partial charge on any atom is 0.425 e. The number of halogens is 5. The van der Waals surface area contributed by atoms with Crippen LogP contribution in [0.15, 0.2) is 12.1 Å².